The fraction of sp³-hybridized carbons (Fsp3) is 0.500. The third-order valence-electron chi connectivity index (χ3n) is 4.20. The molecule has 2 atom stereocenters. The van der Waals surface area contributed by atoms with Crippen LogP contribution in [0.3, 0.4) is 0 Å². The highest BCUT2D eigenvalue weighted by Crippen LogP contribution is 2.40. The molecule has 1 fully saturated rings. The molecule has 1 aromatic carbocycles. The van der Waals surface area contributed by atoms with Gasteiger partial charge in [0, 0.05) is 12.0 Å². The zero-order chi connectivity index (χ0) is 14.3. The lowest BCUT2D eigenvalue weighted by Gasteiger charge is -2.36. The Morgan fingerprint density at radius 3 is 2.85 bits per heavy atom. The molecule has 4 heteroatoms. The third kappa shape index (κ3) is 2.09. The van der Waals surface area contributed by atoms with Gasteiger partial charge >= 0.3 is 0 Å². The second-order valence-electron chi connectivity index (χ2n) is 6.42. The number of ketones is 1. The third-order valence-corrected chi connectivity index (χ3v) is 4.20. The van der Waals surface area contributed by atoms with Crippen LogP contribution < -0.4 is 10.2 Å². The summed E-state index contributed by atoms with van der Waals surface area (Å²) < 4.78 is 5.39. The Bertz CT molecular complexity index is 578. The highest BCUT2D eigenvalue weighted by atomic mass is 16.5. The van der Waals surface area contributed by atoms with E-state index in [4.69, 9.17) is 4.74 Å². The molecule has 0 saturated heterocycles. The van der Waals surface area contributed by atoms with Crippen molar-refractivity contribution in [1.82, 2.24) is 5.43 Å². The Labute approximate surface area is 119 Å². The fourth-order valence-corrected chi connectivity index (χ4v) is 3.36. The Kier molecular flexibility index (Phi) is 3.04. The van der Waals surface area contributed by atoms with Crippen LogP contribution in [0.15, 0.2) is 29.4 Å². The number of carbonyl (C=O) groups is 1. The predicted octanol–water partition coefficient (Wildman–Crippen LogP) is 2.38. The summed E-state index contributed by atoms with van der Waals surface area (Å²) in [4.78, 5) is 12.5. The number of para-hydroxylation sites is 1. The number of benzene rings is 1. The summed E-state index contributed by atoms with van der Waals surface area (Å²) in [6.45, 7) is 4.29. The average molecular weight is 272 g/mol. The minimum Gasteiger partial charge on any atom is -0.496 e. The van der Waals surface area contributed by atoms with Gasteiger partial charge in [-0.1, -0.05) is 26.0 Å². The molecule has 20 heavy (non-hydrogen) atoms. The smallest absolute Gasteiger partial charge is 0.144 e. The van der Waals surface area contributed by atoms with Gasteiger partial charge in [0.1, 0.15) is 11.5 Å². The summed E-state index contributed by atoms with van der Waals surface area (Å²) in [7, 11) is 1.64. The van der Waals surface area contributed by atoms with Crippen molar-refractivity contribution in [2.24, 2.45) is 16.4 Å². The van der Waals surface area contributed by atoms with Crippen LogP contribution in [0.4, 0.5) is 0 Å². The molecular weight excluding hydrogens is 252 g/mol. The highest BCUT2D eigenvalue weighted by Gasteiger charge is 2.46. The summed E-state index contributed by atoms with van der Waals surface area (Å²) in [6, 6.07) is 7.86. The monoisotopic (exact) mass is 272 g/mol. The van der Waals surface area contributed by atoms with Crippen molar-refractivity contribution in [1.29, 1.82) is 0 Å². The van der Waals surface area contributed by atoms with E-state index in [0.717, 1.165) is 23.4 Å². The normalized spacial score (nSPS) is 27.6. The molecule has 1 aliphatic heterocycles. The van der Waals surface area contributed by atoms with Gasteiger partial charge in [-0.25, -0.2) is 0 Å². The Morgan fingerprint density at radius 2 is 2.10 bits per heavy atom. The number of rotatable bonds is 2. The minimum atomic E-state index is -0.140. The van der Waals surface area contributed by atoms with E-state index >= 15 is 0 Å². The molecule has 0 aromatic heterocycles. The Balaban J connectivity index is 1.96. The Morgan fingerprint density at radius 1 is 1.35 bits per heavy atom. The van der Waals surface area contributed by atoms with E-state index in [-0.39, 0.29) is 23.2 Å². The van der Waals surface area contributed by atoms with Crippen LogP contribution in [0.25, 0.3) is 0 Å². The van der Waals surface area contributed by atoms with E-state index in [1.807, 2.05) is 24.3 Å². The lowest BCUT2D eigenvalue weighted by Crippen LogP contribution is -2.45. The number of carbonyl (C=O) groups excluding carboxylic acids is 1. The molecule has 1 N–H and O–H groups in total. The molecule has 3 rings (SSSR count). The molecule has 0 spiro atoms. The summed E-state index contributed by atoms with van der Waals surface area (Å²) >= 11 is 0. The molecule has 4 nitrogen and oxygen atoms in total. The zero-order valence-electron chi connectivity index (χ0n) is 12.1. The molecule has 1 aromatic rings. The number of ether oxygens (including phenoxy) is 1. The van der Waals surface area contributed by atoms with Gasteiger partial charge in [0.25, 0.3) is 0 Å². The summed E-state index contributed by atoms with van der Waals surface area (Å²) in [5.74, 6) is 0.909. The van der Waals surface area contributed by atoms with E-state index in [1.54, 1.807) is 7.11 Å². The van der Waals surface area contributed by atoms with Crippen LogP contribution in [0.2, 0.25) is 0 Å². The number of hydrogen-bond donors (Lipinski definition) is 1. The molecule has 0 bridgehead atoms. The molecule has 1 heterocycles. The number of Topliss-reactive ketones (excluding diaryl/α,β-unsaturated/α-hetero) is 1. The van der Waals surface area contributed by atoms with Gasteiger partial charge in [-0.3, -0.25) is 4.79 Å². The molecule has 0 unspecified atom stereocenters. The largest absolute Gasteiger partial charge is 0.496 e. The number of hydrazone groups is 1. The first-order valence-electron chi connectivity index (χ1n) is 7.01. The van der Waals surface area contributed by atoms with Crippen LogP contribution in [0, 0.1) is 11.3 Å². The van der Waals surface area contributed by atoms with Crippen molar-refractivity contribution in [3.8, 4) is 5.75 Å². The molecular formula is C16H20N2O2. The second kappa shape index (κ2) is 4.62. The summed E-state index contributed by atoms with van der Waals surface area (Å²) in [5.41, 5.74) is 4.95. The van der Waals surface area contributed by atoms with Crippen LogP contribution in [0.5, 0.6) is 5.75 Å². The molecule has 2 aliphatic rings. The van der Waals surface area contributed by atoms with Crippen molar-refractivity contribution in [3.05, 3.63) is 29.8 Å². The lowest BCUT2D eigenvalue weighted by atomic mass is 9.68. The lowest BCUT2D eigenvalue weighted by molar-refractivity contribution is -0.126. The van der Waals surface area contributed by atoms with Gasteiger partial charge < -0.3 is 10.2 Å². The molecule has 1 saturated carbocycles. The number of nitrogens with one attached hydrogen (secondary N) is 1. The van der Waals surface area contributed by atoms with Gasteiger partial charge in [0.15, 0.2) is 0 Å². The van der Waals surface area contributed by atoms with E-state index in [0.29, 0.717) is 6.42 Å². The van der Waals surface area contributed by atoms with Crippen LogP contribution in [-0.4, -0.2) is 24.6 Å². The van der Waals surface area contributed by atoms with Gasteiger partial charge in [-0.2, -0.15) is 5.10 Å². The summed E-state index contributed by atoms with van der Waals surface area (Å²) in [5, 5.41) is 4.44. The minimum absolute atomic E-state index is 0.0526. The van der Waals surface area contributed by atoms with Crippen LogP contribution >= 0.6 is 0 Å². The van der Waals surface area contributed by atoms with E-state index in [1.165, 1.54) is 0 Å². The molecule has 1 aliphatic carbocycles. The van der Waals surface area contributed by atoms with E-state index in [2.05, 4.69) is 24.4 Å². The molecule has 0 amide bonds. The number of hydrogen-bond acceptors (Lipinski definition) is 4. The quantitative estimate of drug-likeness (QED) is 0.899. The second-order valence-corrected chi connectivity index (χ2v) is 6.42. The average Bonchev–Trinajstić information content (AvgIpc) is 2.80. The summed E-state index contributed by atoms with van der Waals surface area (Å²) in [6.07, 6.45) is 1.58. The van der Waals surface area contributed by atoms with Gasteiger partial charge in [0.2, 0.25) is 0 Å². The zero-order valence-corrected chi connectivity index (χ0v) is 12.1. The van der Waals surface area contributed by atoms with Gasteiger partial charge in [-0.05, 0) is 24.0 Å². The van der Waals surface area contributed by atoms with Crippen molar-refractivity contribution in [2.75, 3.05) is 7.11 Å². The number of nitrogens with zero attached hydrogens (tertiary/aromatic N) is 1. The highest BCUT2D eigenvalue weighted by molar-refractivity contribution is 6.16. The maximum Gasteiger partial charge on any atom is 0.144 e. The molecule has 0 radical (unpaired) electrons. The first-order valence-corrected chi connectivity index (χ1v) is 7.01. The van der Waals surface area contributed by atoms with Crippen LogP contribution in [-0.2, 0) is 4.79 Å². The topological polar surface area (TPSA) is 50.7 Å². The SMILES string of the molecule is COc1ccccc1C1=NN[C@H]2CC(C)(C)CC(=O)[C@@H]12. The van der Waals surface area contributed by atoms with Crippen molar-refractivity contribution < 1.29 is 9.53 Å². The predicted molar refractivity (Wildman–Crippen MR) is 78.0 cm³/mol. The number of fused-ring (bicyclic) bond motifs is 1. The first-order chi connectivity index (χ1) is 9.52. The van der Waals surface area contributed by atoms with Gasteiger partial charge in [-0.15, -0.1) is 0 Å². The molecule has 106 valence electrons. The van der Waals surface area contributed by atoms with Crippen molar-refractivity contribution in [2.45, 2.75) is 32.7 Å². The standard InChI is InChI=1S/C16H20N2O2/c1-16(2)8-11-14(12(19)9-16)15(18-17-11)10-6-4-5-7-13(10)20-3/h4-7,11,14,17H,8-9H2,1-3H3/t11-,14-/m0/s1. The first kappa shape index (κ1) is 13.2. The van der Waals surface area contributed by atoms with Crippen molar-refractivity contribution >= 4 is 11.5 Å². The van der Waals surface area contributed by atoms with Crippen molar-refractivity contribution in [3.63, 3.8) is 0 Å². The van der Waals surface area contributed by atoms with E-state index < -0.39 is 0 Å². The van der Waals surface area contributed by atoms with Crippen LogP contribution in [0.1, 0.15) is 32.3 Å². The fourth-order valence-electron chi connectivity index (χ4n) is 3.36. The number of methoxy groups -OCH3 is 1. The van der Waals surface area contributed by atoms with E-state index in [9.17, 15) is 4.79 Å². The Hall–Kier alpha value is -1.84. The van der Waals surface area contributed by atoms with Gasteiger partial charge in [0.05, 0.1) is 24.8 Å². The maximum atomic E-state index is 12.5. The maximum absolute atomic E-state index is 12.5.